The van der Waals surface area contributed by atoms with Gasteiger partial charge in [-0.05, 0) is 42.0 Å². The summed E-state index contributed by atoms with van der Waals surface area (Å²) in [4.78, 5) is 31.1. The Balaban J connectivity index is 1.45. The first-order valence-electron chi connectivity index (χ1n) is 14.1. The van der Waals surface area contributed by atoms with Crippen LogP contribution in [0.25, 0.3) is 0 Å². The fraction of sp³-hybridized carbons (Fsp3) is 0.344. The predicted octanol–water partition coefficient (Wildman–Crippen LogP) is 4.13. The highest BCUT2D eigenvalue weighted by molar-refractivity contribution is 6.04. The normalized spacial score (nSPS) is 17.0. The van der Waals surface area contributed by atoms with Gasteiger partial charge in [-0.1, -0.05) is 30.3 Å². The third-order valence-electron chi connectivity index (χ3n) is 7.62. The van der Waals surface area contributed by atoms with Crippen molar-refractivity contribution < 1.29 is 32.6 Å². The van der Waals surface area contributed by atoms with Crippen molar-refractivity contribution in [3.63, 3.8) is 0 Å². The van der Waals surface area contributed by atoms with Crippen LogP contribution in [0.5, 0.6) is 11.5 Å². The standard InChI is InChI=1S/C32H34F2N4O5/c1-41-29-11-10-22(19-30(29)42-2)28-20-27(25-8-3-4-9-26(25)34)35-38(28)31(39)21-37(13-12-36-14-16-43-17-15-36)32(40)23-6-5-7-24(33)18-23/h3-11,18-19,28H,12-17,20-21H2,1-2H3. The molecule has 2 heterocycles. The van der Waals surface area contributed by atoms with Crippen molar-refractivity contribution in [3.05, 3.63) is 95.1 Å². The summed E-state index contributed by atoms with van der Waals surface area (Å²) in [6.45, 7) is 3.04. The maximum Gasteiger partial charge on any atom is 0.262 e. The Labute approximate surface area is 249 Å². The van der Waals surface area contributed by atoms with Gasteiger partial charge in [0.05, 0.1) is 39.2 Å². The molecule has 1 unspecified atom stereocenters. The molecule has 1 saturated heterocycles. The number of carbonyl (C=O) groups excluding carboxylic acids is 2. The first-order chi connectivity index (χ1) is 20.9. The number of amides is 2. The summed E-state index contributed by atoms with van der Waals surface area (Å²) in [5, 5.41) is 5.90. The molecule has 226 valence electrons. The Kier molecular flexibility index (Phi) is 9.63. The molecule has 3 aromatic carbocycles. The van der Waals surface area contributed by atoms with Crippen molar-refractivity contribution in [2.24, 2.45) is 5.10 Å². The van der Waals surface area contributed by atoms with E-state index in [0.717, 1.165) is 6.07 Å². The minimum absolute atomic E-state index is 0.142. The van der Waals surface area contributed by atoms with Crippen LogP contribution < -0.4 is 9.47 Å². The lowest BCUT2D eigenvalue weighted by molar-refractivity contribution is -0.133. The van der Waals surface area contributed by atoms with Gasteiger partial charge in [-0.15, -0.1) is 0 Å². The van der Waals surface area contributed by atoms with Gasteiger partial charge in [0.15, 0.2) is 11.5 Å². The van der Waals surface area contributed by atoms with Crippen LogP contribution in [0.4, 0.5) is 8.78 Å². The Bertz CT molecular complexity index is 1490. The fourth-order valence-corrected chi connectivity index (χ4v) is 5.30. The number of methoxy groups -OCH3 is 2. The third kappa shape index (κ3) is 7.00. The first kappa shape index (κ1) is 30.1. The van der Waals surface area contributed by atoms with Crippen molar-refractivity contribution in [3.8, 4) is 11.5 Å². The van der Waals surface area contributed by atoms with Gasteiger partial charge in [0.25, 0.3) is 11.8 Å². The van der Waals surface area contributed by atoms with E-state index in [4.69, 9.17) is 14.2 Å². The van der Waals surface area contributed by atoms with Crippen LogP contribution >= 0.6 is 0 Å². The average Bonchev–Trinajstić information content (AvgIpc) is 3.48. The molecule has 0 saturated carbocycles. The number of halogens is 2. The van der Waals surface area contributed by atoms with Crippen LogP contribution in [-0.2, 0) is 9.53 Å². The maximum absolute atomic E-state index is 14.8. The SMILES string of the molecule is COc1ccc(C2CC(c3ccccc3F)=NN2C(=O)CN(CCN2CCOCC2)C(=O)c2cccc(F)c2)cc1OC. The monoisotopic (exact) mass is 592 g/mol. The van der Waals surface area contributed by atoms with E-state index in [1.165, 1.54) is 48.4 Å². The lowest BCUT2D eigenvalue weighted by Crippen LogP contribution is -2.46. The highest BCUT2D eigenvalue weighted by atomic mass is 19.1. The quantitative estimate of drug-likeness (QED) is 0.352. The fourth-order valence-electron chi connectivity index (χ4n) is 5.30. The van der Waals surface area contributed by atoms with Crippen molar-refractivity contribution in [1.29, 1.82) is 0 Å². The number of hydrogen-bond acceptors (Lipinski definition) is 7. The second-order valence-electron chi connectivity index (χ2n) is 10.3. The summed E-state index contributed by atoms with van der Waals surface area (Å²) in [6.07, 6.45) is 0.244. The molecule has 11 heteroatoms. The molecule has 0 aromatic heterocycles. The summed E-state index contributed by atoms with van der Waals surface area (Å²) in [6, 6.07) is 16.4. The van der Waals surface area contributed by atoms with Crippen LogP contribution in [0.1, 0.15) is 33.9 Å². The van der Waals surface area contributed by atoms with Crippen LogP contribution in [0.2, 0.25) is 0 Å². The molecule has 0 aliphatic carbocycles. The molecule has 1 atom stereocenters. The number of ether oxygens (including phenoxy) is 3. The lowest BCUT2D eigenvalue weighted by atomic mass is 9.97. The number of morpholine rings is 1. The zero-order valence-electron chi connectivity index (χ0n) is 24.2. The van der Waals surface area contributed by atoms with E-state index in [1.54, 1.807) is 36.4 Å². The lowest BCUT2D eigenvalue weighted by Gasteiger charge is -2.31. The first-order valence-corrected chi connectivity index (χ1v) is 14.1. The van der Waals surface area contributed by atoms with Gasteiger partial charge in [0.1, 0.15) is 18.2 Å². The number of rotatable bonds is 10. The molecule has 2 amide bonds. The zero-order chi connectivity index (χ0) is 30.3. The molecule has 0 N–H and O–H groups in total. The predicted molar refractivity (Wildman–Crippen MR) is 156 cm³/mol. The molecule has 0 radical (unpaired) electrons. The van der Waals surface area contributed by atoms with Crippen LogP contribution in [0.15, 0.2) is 71.8 Å². The molecule has 0 bridgehead atoms. The number of benzene rings is 3. The molecule has 43 heavy (non-hydrogen) atoms. The number of hydrogen-bond donors (Lipinski definition) is 0. The molecule has 9 nitrogen and oxygen atoms in total. The number of nitrogens with zero attached hydrogens (tertiary/aromatic N) is 4. The van der Waals surface area contributed by atoms with Gasteiger partial charge in [0, 0.05) is 43.7 Å². The van der Waals surface area contributed by atoms with Gasteiger partial charge in [0.2, 0.25) is 0 Å². The molecular weight excluding hydrogens is 558 g/mol. The van der Waals surface area contributed by atoms with E-state index < -0.39 is 29.5 Å². The van der Waals surface area contributed by atoms with Crippen molar-refractivity contribution in [1.82, 2.24) is 14.8 Å². The minimum Gasteiger partial charge on any atom is -0.493 e. The van der Waals surface area contributed by atoms with Gasteiger partial charge >= 0.3 is 0 Å². The van der Waals surface area contributed by atoms with Gasteiger partial charge in [-0.3, -0.25) is 14.5 Å². The Morgan fingerprint density at radius 2 is 1.74 bits per heavy atom. The largest absolute Gasteiger partial charge is 0.493 e. The smallest absolute Gasteiger partial charge is 0.262 e. The van der Waals surface area contributed by atoms with E-state index in [0.29, 0.717) is 61.2 Å². The Hall–Kier alpha value is -4.35. The third-order valence-corrected chi connectivity index (χ3v) is 7.62. The topological polar surface area (TPSA) is 83.9 Å². The Morgan fingerprint density at radius 1 is 0.977 bits per heavy atom. The zero-order valence-corrected chi connectivity index (χ0v) is 24.2. The molecule has 5 rings (SSSR count). The summed E-state index contributed by atoms with van der Waals surface area (Å²) in [5.41, 5.74) is 1.55. The molecule has 1 fully saturated rings. The van der Waals surface area contributed by atoms with E-state index in [-0.39, 0.29) is 25.1 Å². The van der Waals surface area contributed by atoms with Crippen molar-refractivity contribution in [2.75, 3.05) is 60.2 Å². The maximum atomic E-state index is 14.8. The average molecular weight is 593 g/mol. The van der Waals surface area contributed by atoms with Gasteiger partial charge < -0.3 is 19.1 Å². The van der Waals surface area contributed by atoms with Crippen LogP contribution in [0.3, 0.4) is 0 Å². The molecule has 2 aliphatic heterocycles. The summed E-state index contributed by atoms with van der Waals surface area (Å²) < 4.78 is 45.1. The van der Waals surface area contributed by atoms with Gasteiger partial charge in [-0.2, -0.15) is 5.10 Å². The molecule has 3 aromatic rings. The molecule has 2 aliphatic rings. The van der Waals surface area contributed by atoms with E-state index >= 15 is 0 Å². The van der Waals surface area contributed by atoms with Crippen molar-refractivity contribution >= 4 is 17.5 Å². The van der Waals surface area contributed by atoms with Crippen molar-refractivity contribution in [2.45, 2.75) is 12.5 Å². The number of hydrazone groups is 1. The summed E-state index contributed by atoms with van der Waals surface area (Å²) in [7, 11) is 3.05. The van der Waals surface area contributed by atoms with Crippen LogP contribution in [0, 0.1) is 11.6 Å². The van der Waals surface area contributed by atoms with Crippen LogP contribution in [-0.4, -0.2) is 92.5 Å². The van der Waals surface area contributed by atoms with E-state index in [2.05, 4.69) is 10.0 Å². The van der Waals surface area contributed by atoms with E-state index in [1.807, 2.05) is 0 Å². The highest BCUT2D eigenvalue weighted by Crippen LogP contribution is 2.37. The summed E-state index contributed by atoms with van der Waals surface area (Å²) >= 11 is 0. The second-order valence-corrected chi connectivity index (χ2v) is 10.3. The summed E-state index contributed by atoms with van der Waals surface area (Å²) in [5.74, 6) is -0.931. The number of carbonyl (C=O) groups is 2. The Morgan fingerprint density at radius 3 is 2.47 bits per heavy atom. The van der Waals surface area contributed by atoms with Gasteiger partial charge in [-0.25, -0.2) is 13.8 Å². The van der Waals surface area contributed by atoms with E-state index in [9.17, 15) is 18.4 Å². The second kappa shape index (κ2) is 13.7. The molecular formula is C32H34F2N4O5. The highest BCUT2D eigenvalue weighted by Gasteiger charge is 2.36. The molecule has 0 spiro atoms. The minimum atomic E-state index is -0.590.